The minimum atomic E-state index is -1.30. The highest BCUT2D eigenvalue weighted by Crippen LogP contribution is 2.39. The topological polar surface area (TPSA) is 97.8 Å². The number of para-hydroxylation sites is 1. The normalized spacial score (nSPS) is 12.5. The van der Waals surface area contributed by atoms with Crippen molar-refractivity contribution in [3.05, 3.63) is 69.6 Å². The second-order valence-corrected chi connectivity index (χ2v) is 10.3. The Labute approximate surface area is 230 Å². The van der Waals surface area contributed by atoms with Gasteiger partial charge in [0.2, 0.25) is 0 Å². The largest absolute Gasteiger partial charge is 0.496 e. The van der Waals surface area contributed by atoms with Crippen LogP contribution in [0.25, 0.3) is 17.3 Å². The van der Waals surface area contributed by atoms with Crippen LogP contribution in [-0.2, 0) is 9.53 Å². The van der Waals surface area contributed by atoms with Gasteiger partial charge in [-0.25, -0.2) is 18.6 Å². The van der Waals surface area contributed by atoms with Gasteiger partial charge in [0.25, 0.3) is 5.91 Å². The first-order valence-corrected chi connectivity index (χ1v) is 13.3. The molecule has 0 fully saturated rings. The van der Waals surface area contributed by atoms with Gasteiger partial charge in [0, 0.05) is 40.3 Å². The molecule has 3 aromatic rings. The Bertz CT molecular complexity index is 1350. The molecule has 0 saturated heterocycles. The summed E-state index contributed by atoms with van der Waals surface area (Å²) in [5, 5.41) is 13.5. The number of aromatic nitrogens is 1. The Morgan fingerprint density at radius 2 is 1.85 bits per heavy atom. The van der Waals surface area contributed by atoms with Crippen LogP contribution in [0.1, 0.15) is 67.6 Å². The lowest BCUT2D eigenvalue weighted by atomic mass is 9.97. The Morgan fingerprint density at radius 3 is 2.44 bits per heavy atom. The molecule has 1 atom stereocenters. The third-order valence-electron chi connectivity index (χ3n) is 6.17. The number of carboxylic acids is 1. The van der Waals surface area contributed by atoms with Gasteiger partial charge in [-0.05, 0) is 43.5 Å². The van der Waals surface area contributed by atoms with Gasteiger partial charge in [-0.15, -0.1) is 11.3 Å². The highest BCUT2D eigenvalue weighted by atomic mass is 32.1. The number of methoxy groups -OCH3 is 2. The second-order valence-electron chi connectivity index (χ2n) is 9.46. The van der Waals surface area contributed by atoms with E-state index in [2.05, 4.69) is 24.1 Å². The van der Waals surface area contributed by atoms with E-state index < -0.39 is 29.1 Å². The summed E-state index contributed by atoms with van der Waals surface area (Å²) in [6.45, 7) is 5.59. The number of rotatable bonds is 12. The number of carbonyl (C=O) groups excluding carboxylic acids is 1. The zero-order valence-corrected chi connectivity index (χ0v) is 23.3. The first-order chi connectivity index (χ1) is 18.5. The van der Waals surface area contributed by atoms with Crippen molar-refractivity contribution < 1.29 is 33.0 Å². The molecule has 1 heterocycles. The molecule has 1 amide bonds. The van der Waals surface area contributed by atoms with Crippen LogP contribution >= 0.6 is 11.3 Å². The van der Waals surface area contributed by atoms with Crippen molar-refractivity contribution in [1.82, 2.24) is 4.98 Å². The third-order valence-corrected chi connectivity index (χ3v) is 6.93. The average Bonchev–Trinajstić information content (AvgIpc) is 3.36. The number of hydrogen-bond donors (Lipinski definition) is 2. The number of halogens is 2. The molecule has 7 nitrogen and oxygen atoms in total. The first kappa shape index (κ1) is 29.9. The van der Waals surface area contributed by atoms with Crippen LogP contribution in [0, 0.1) is 17.6 Å². The van der Waals surface area contributed by atoms with Crippen molar-refractivity contribution in [3.63, 3.8) is 0 Å². The molecule has 0 saturated carbocycles. The predicted molar refractivity (Wildman–Crippen MR) is 148 cm³/mol. The number of hydrogen-bond acceptors (Lipinski definition) is 6. The summed E-state index contributed by atoms with van der Waals surface area (Å²) >= 11 is 1.15. The highest BCUT2D eigenvalue weighted by molar-refractivity contribution is 7.14. The molecule has 2 N–H and O–H groups in total. The molecule has 0 aliphatic rings. The Morgan fingerprint density at radius 1 is 1.15 bits per heavy atom. The molecule has 0 radical (unpaired) electrons. The fourth-order valence-corrected chi connectivity index (χ4v) is 4.81. The lowest BCUT2D eigenvalue weighted by Crippen LogP contribution is -2.13. The van der Waals surface area contributed by atoms with E-state index in [0.717, 1.165) is 59.9 Å². The van der Waals surface area contributed by atoms with Crippen LogP contribution < -0.4 is 10.1 Å². The second kappa shape index (κ2) is 13.4. The molecule has 0 aliphatic carbocycles. The van der Waals surface area contributed by atoms with Gasteiger partial charge in [0.15, 0.2) is 5.13 Å². The number of nitrogens with zero attached hydrogens (tertiary/aromatic N) is 1. The fraction of sp³-hybridized carbons (Fsp3) is 0.345. The van der Waals surface area contributed by atoms with Crippen molar-refractivity contribution in [2.24, 2.45) is 5.92 Å². The van der Waals surface area contributed by atoms with Crippen molar-refractivity contribution in [2.75, 3.05) is 19.5 Å². The molecule has 1 unspecified atom stereocenters. The van der Waals surface area contributed by atoms with E-state index in [1.165, 1.54) is 6.92 Å². The van der Waals surface area contributed by atoms with Gasteiger partial charge >= 0.3 is 5.97 Å². The number of carboxylic acid groups (broad SMARTS) is 1. The number of amides is 1. The van der Waals surface area contributed by atoms with Gasteiger partial charge in [-0.2, -0.15) is 0 Å². The van der Waals surface area contributed by atoms with Crippen molar-refractivity contribution in [2.45, 2.75) is 46.1 Å². The quantitative estimate of drug-likeness (QED) is 0.226. The molecule has 1 aromatic heterocycles. The van der Waals surface area contributed by atoms with Crippen LogP contribution in [0.2, 0.25) is 0 Å². The number of anilines is 1. The number of aliphatic carboxylic acids is 1. The van der Waals surface area contributed by atoms with Gasteiger partial charge < -0.3 is 14.6 Å². The predicted octanol–water partition coefficient (Wildman–Crippen LogP) is 7.35. The van der Waals surface area contributed by atoms with Crippen LogP contribution in [0.15, 0.2) is 41.3 Å². The van der Waals surface area contributed by atoms with Gasteiger partial charge in [-0.3, -0.25) is 10.1 Å². The van der Waals surface area contributed by atoms with E-state index in [4.69, 9.17) is 14.6 Å². The maximum absolute atomic E-state index is 14.5. The summed E-state index contributed by atoms with van der Waals surface area (Å²) in [7, 11) is 3.25. The minimum Gasteiger partial charge on any atom is -0.496 e. The van der Waals surface area contributed by atoms with Crippen molar-refractivity contribution >= 4 is 34.4 Å². The minimum absolute atomic E-state index is 0.154. The van der Waals surface area contributed by atoms with Crippen molar-refractivity contribution in [1.29, 1.82) is 0 Å². The molecule has 0 spiro atoms. The zero-order valence-electron chi connectivity index (χ0n) is 22.5. The summed E-state index contributed by atoms with van der Waals surface area (Å²) in [4.78, 5) is 28.2. The molecule has 208 valence electrons. The van der Waals surface area contributed by atoms with Gasteiger partial charge in [0.05, 0.1) is 18.9 Å². The molecule has 2 aromatic carbocycles. The van der Waals surface area contributed by atoms with E-state index >= 15 is 0 Å². The monoisotopic (exact) mass is 558 g/mol. The number of carbonyl (C=O) groups is 2. The molecule has 0 bridgehead atoms. The lowest BCUT2D eigenvalue weighted by molar-refractivity contribution is -0.132. The molecular weight excluding hydrogens is 526 g/mol. The Kier molecular flexibility index (Phi) is 10.3. The summed E-state index contributed by atoms with van der Waals surface area (Å²) in [5.41, 5.74) is 1.14. The van der Waals surface area contributed by atoms with Crippen LogP contribution in [0.5, 0.6) is 5.75 Å². The van der Waals surface area contributed by atoms with Crippen LogP contribution in [-0.4, -0.2) is 36.2 Å². The first-order valence-electron chi connectivity index (χ1n) is 12.4. The van der Waals surface area contributed by atoms with E-state index in [-0.39, 0.29) is 22.4 Å². The number of benzene rings is 2. The van der Waals surface area contributed by atoms with Crippen LogP contribution in [0.4, 0.5) is 13.9 Å². The summed E-state index contributed by atoms with van der Waals surface area (Å²) in [6.07, 6.45) is 3.66. The average molecular weight is 559 g/mol. The number of ether oxygens (including phenoxy) is 2. The SMILES string of the molecule is COc1c(-c2csc(NC(=O)c3cc(F)c(C=C(C)C(=O)O)c(F)c3)n2)cccc1C(CCCC(C)C)OC. The number of nitrogens with one attached hydrogen (secondary N) is 1. The Hall–Kier alpha value is -3.63. The molecule has 0 aliphatic heterocycles. The lowest BCUT2D eigenvalue weighted by Gasteiger charge is -2.20. The van der Waals surface area contributed by atoms with E-state index in [0.29, 0.717) is 17.4 Å². The van der Waals surface area contributed by atoms with E-state index in [1.54, 1.807) is 19.6 Å². The summed E-state index contributed by atoms with van der Waals surface area (Å²) < 4.78 is 40.5. The fourth-order valence-electron chi connectivity index (χ4n) is 4.11. The molecule has 10 heteroatoms. The summed E-state index contributed by atoms with van der Waals surface area (Å²) in [6, 6.07) is 7.42. The molecule has 3 rings (SSSR count). The highest BCUT2D eigenvalue weighted by Gasteiger charge is 2.21. The van der Waals surface area contributed by atoms with E-state index in [9.17, 15) is 18.4 Å². The maximum Gasteiger partial charge on any atom is 0.331 e. The zero-order chi connectivity index (χ0) is 28.7. The summed E-state index contributed by atoms with van der Waals surface area (Å²) in [5.74, 6) is -2.94. The smallest absolute Gasteiger partial charge is 0.331 e. The number of thiazole rings is 1. The standard InChI is InChI=1S/C29H32F2N2O5S/c1-16(2)8-6-11-25(37-4)20-10-7-9-19(26(20)38-5)24-15-39-29(32-24)33-27(34)18-13-22(30)21(23(31)14-18)12-17(3)28(35)36/h7,9-10,12-16,25H,6,8,11H2,1-5H3,(H,35,36)(H,32,33,34). The Balaban J connectivity index is 1.83. The van der Waals surface area contributed by atoms with Crippen LogP contribution in [0.3, 0.4) is 0 Å². The van der Waals surface area contributed by atoms with E-state index in [1.807, 2.05) is 18.2 Å². The molecule has 39 heavy (non-hydrogen) atoms. The maximum atomic E-state index is 14.5. The molecular formula is C29H32F2N2O5S. The third kappa shape index (κ3) is 7.48. The van der Waals surface area contributed by atoms with Crippen molar-refractivity contribution in [3.8, 4) is 17.0 Å². The van der Waals surface area contributed by atoms with Gasteiger partial charge in [0.1, 0.15) is 17.4 Å². The van der Waals surface area contributed by atoms with Gasteiger partial charge in [-0.1, -0.05) is 38.8 Å².